The van der Waals surface area contributed by atoms with E-state index >= 15 is 0 Å². The normalized spacial score (nSPS) is 13.8. The van der Waals surface area contributed by atoms with Gasteiger partial charge in [-0.15, -0.1) is 5.10 Å². The minimum atomic E-state index is -0.270. The fraction of sp³-hybridized carbons (Fsp3) is 0.500. The first kappa shape index (κ1) is 5.24. The molecule has 43 valence electrons. The van der Waals surface area contributed by atoms with E-state index in [4.69, 9.17) is 5.73 Å². The molecule has 0 aliphatic heterocycles. The second-order valence-electron chi connectivity index (χ2n) is 1.62. The van der Waals surface area contributed by atoms with Gasteiger partial charge in [0, 0.05) is 6.20 Å². The van der Waals surface area contributed by atoms with Crippen molar-refractivity contribution in [2.45, 2.75) is 13.0 Å². The molecule has 8 heavy (non-hydrogen) atoms. The molecule has 0 bridgehead atoms. The molecule has 0 fully saturated rings. The lowest BCUT2D eigenvalue weighted by Gasteiger charge is -1.91. The van der Waals surface area contributed by atoms with E-state index in [1.165, 1.54) is 0 Å². The van der Waals surface area contributed by atoms with Crippen LogP contribution >= 0.6 is 0 Å². The zero-order valence-corrected chi connectivity index (χ0v) is 4.55. The predicted molar refractivity (Wildman–Crippen MR) is 27.9 cm³/mol. The Labute approximate surface area is 47.1 Å². The summed E-state index contributed by atoms with van der Waals surface area (Å²) >= 11 is 0. The SMILES string of the molecule is CC([NH])c1c[nH]nn1. The van der Waals surface area contributed by atoms with Crippen LogP contribution in [0.2, 0.25) is 0 Å². The van der Waals surface area contributed by atoms with Crippen molar-refractivity contribution in [3.8, 4) is 0 Å². The Balaban J connectivity index is 2.77. The summed E-state index contributed by atoms with van der Waals surface area (Å²) in [6.45, 7) is 1.75. The van der Waals surface area contributed by atoms with Crippen molar-refractivity contribution in [1.82, 2.24) is 21.1 Å². The summed E-state index contributed by atoms with van der Waals surface area (Å²) in [4.78, 5) is 0. The lowest BCUT2D eigenvalue weighted by atomic mass is 10.3. The molecule has 4 heteroatoms. The molecule has 0 aliphatic carbocycles. The molecular weight excluding hydrogens is 104 g/mol. The van der Waals surface area contributed by atoms with Crippen LogP contribution in [0.15, 0.2) is 6.20 Å². The molecule has 0 amide bonds. The third-order valence-electron chi connectivity index (χ3n) is 0.879. The van der Waals surface area contributed by atoms with Crippen LogP contribution in [0.5, 0.6) is 0 Å². The fourth-order valence-corrected chi connectivity index (χ4v) is 0.422. The largest absolute Gasteiger partial charge is 0.265 e. The van der Waals surface area contributed by atoms with Gasteiger partial charge >= 0.3 is 0 Å². The highest BCUT2D eigenvalue weighted by Gasteiger charge is 1.99. The number of aromatic nitrogens is 3. The third-order valence-corrected chi connectivity index (χ3v) is 0.879. The number of nitrogens with zero attached hydrogens (tertiary/aromatic N) is 2. The van der Waals surface area contributed by atoms with Crippen LogP contribution in [0.1, 0.15) is 18.7 Å². The van der Waals surface area contributed by atoms with Crippen molar-refractivity contribution >= 4 is 0 Å². The Morgan fingerprint density at radius 3 is 2.88 bits per heavy atom. The fourth-order valence-electron chi connectivity index (χ4n) is 0.422. The van der Waals surface area contributed by atoms with Crippen LogP contribution in [0, 0.1) is 0 Å². The molecule has 1 radical (unpaired) electrons. The van der Waals surface area contributed by atoms with Crippen molar-refractivity contribution in [2.75, 3.05) is 0 Å². The van der Waals surface area contributed by atoms with Crippen LogP contribution in [0.4, 0.5) is 0 Å². The van der Waals surface area contributed by atoms with Crippen LogP contribution in [-0.4, -0.2) is 15.4 Å². The maximum atomic E-state index is 7.11. The van der Waals surface area contributed by atoms with Gasteiger partial charge in [0.2, 0.25) is 0 Å². The van der Waals surface area contributed by atoms with E-state index in [-0.39, 0.29) is 6.04 Å². The topological polar surface area (TPSA) is 65.4 Å². The van der Waals surface area contributed by atoms with E-state index in [1.54, 1.807) is 13.1 Å². The van der Waals surface area contributed by atoms with Crippen molar-refractivity contribution in [3.63, 3.8) is 0 Å². The van der Waals surface area contributed by atoms with Crippen LogP contribution < -0.4 is 5.73 Å². The minimum absolute atomic E-state index is 0.270. The molecule has 0 aromatic carbocycles. The molecule has 0 saturated carbocycles. The maximum absolute atomic E-state index is 7.11. The first-order valence-corrected chi connectivity index (χ1v) is 2.38. The highest BCUT2D eigenvalue weighted by atomic mass is 15.3. The molecule has 1 atom stereocenters. The number of H-pyrrole nitrogens is 1. The van der Waals surface area contributed by atoms with Gasteiger partial charge in [-0.1, -0.05) is 5.21 Å². The second kappa shape index (κ2) is 1.92. The minimum Gasteiger partial charge on any atom is -0.265 e. The summed E-state index contributed by atoms with van der Waals surface area (Å²) in [5.41, 5.74) is 7.80. The quantitative estimate of drug-likeness (QED) is 0.560. The predicted octanol–water partition coefficient (Wildman–Crippen LogP) is 0.149. The lowest BCUT2D eigenvalue weighted by molar-refractivity contribution is 0.745. The van der Waals surface area contributed by atoms with Crippen molar-refractivity contribution in [3.05, 3.63) is 11.9 Å². The summed E-state index contributed by atoms with van der Waals surface area (Å²) in [6, 6.07) is -0.270. The first-order chi connectivity index (χ1) is 3.80. The monoisotopic (exact) mass is 111 g/mol. The number of nitrogens with one attached hydrogen (secondary N) is 2. The lowest BCUT2D eigenvalue weighted by Crippen LogP contribution is -1.92. The average molecular weight is 111 g/mol. The average Bonchev–Trinajstić information content (AvgIpc) is 2.12. The van der Waals surface area contributed by atoms with Crippen LogP contribution in [0.25, 0.3) is 0 Å². The van der Waals surface area contributed by atoms with Crippen molar-refractivity contribution in [1.29, 1.82) is 0 Å². The van der Waals surface area contributed by atoms with E-state index in [9.17, 15) is 0 Å². The molecule has 1 rings (SSSR count). The number of hydrogen-bond acceptors (Lipinski definition) is 2. The van der Waals surface area contributed by atoms with Gasteiger partial charge in [-0.2, -0.15) is 0 Å². The molecule has 1 unspecified atom stereocenters. The third kappa shape index (κ3) is 0.840. The standard InChI is InChI=1S/C4H7N4/c1-3(5)4-2-6-8-7-4/h2-3,5H,1H3,(H,6,7,8). The smallest absolute Gasteiger partial charge is 0.100 e. The number of rotatable bonds is 1. The Bertz CT molecular complexity index is 143. The summed E-state index contributed by atoms with van der Waals surface area (Å²) in [6.07, 6.45) is 1.62. The molecule has 1 heterocycles. The van der Waals surface area contributed by atoms with E-state index in [2.05, 4.69) is 15.4 Å². The molecule has 0 spiro atoms. The zero-order chi connectivity index (χ0) is 5.98. The molecule has 4 nitrogen and oxygen atoms in total. The Morgan fingerprint density at radius 2 is 2.62 bits per heavy atom. The van der Waals surface area contributed by atoms with Gasteiger partial charge in [-0.05, 0) is 6.92 Å². The van der Waals surface area contributed by atoms with Gasteiger partial charge in [-0.25, -0.2) is 5.73 Å². The van der Waals surface area contributed by atoms with Gasteiger partial charge in [0.25, 0.3) is 0 Å². The highest BCUT2D eigenvalue weighted by molar-refractivity contribution is 4.95. The van der Waals surface area contributed by atoms with Gasteiger partial charge < -0.3 is 0 Å². The van der Waals surface area contributed by atoms with Gasteiger partial charge in [0.1, 0.15) is 5.69 Å². The Morgan fingerprint density at radius 1 is 1.88 bits per heavy atom. The van der Waals surface area contributed by atoms with Gasteiger partial charge in [0.05, 0.1) is 6.04 Å². The van der Waals surface area contributed by atoms with Crippen molar-refractivity contribution in [2.24, 2.45) is 0 Å². The Kier molecular flexibility index (Phi) is 1.26. The summed E-state index contributed by atoms with van der Waals surface area (Å²) in [5.74, 6) is 0. The molecule has 2 N–H and O–H groups in total. The summed E-state index contributed by atoms with van der Waals surface area (Å²) in [5, 5.41) is 9.60. The molecule has 1 aromatic rings. The van der Waals surface area contributed by atoms with Crippen LogP contribution in [0.3, 0.4) is 0 Å². The molecule has 0 saturated heterocycles. The van der Waals surface area contributed by atoms with E-state index in [0.717, 1.165) is 0 Å². The molecule has 0 aliphatic rings. The zero-order valence-electron chi connectivity index (χ0n) is 4.55. The first-order valence-electron chi connectivity index (χ1n) is 2.38. The molecular formula is C4H7N4. The van der Waals surface area contributed by atoms with E-state index in [0.29, 0.717) is 5.69 Å². The molecule has 1 aromatic heterocycles. The number of hydrogen-bond donors (Lipinski definition) is 1. The Hall–Kier alpha value is -0.900. The summed E-state index contributed by atoms with van der Waals surface area (Å²) < 4.78 is 0. The second-order valence-corrected chi connectivity index (χ2v) is 1.62. The van der Waals surface area contributed by atoms with E-state index in [1.807, 2.05) is 0 Å². The maximum Gasteiger partial charge on any atom is 0.100 e. The van der Waals surface area contributed by atoms with E-state index < -0.39 is 0 Å². The van der Waals surface area contributed by atoms with Gasteiger partial charge in [0.15, 0.2) is 0 Å². The number of aromatic amines is 1. The van der Waals surface area contributed by atoms with Gasteiger partial charge in [-0.3, -0.25) is 5.10 Å². The van der Waals surface area contributed by atoms with Crippen molar-refractivity contribution < 1.29 is 0 Å². The van der Waals surface area contributed by atoms with Crippen LogP contribution in [-0.2, 0) is 0 Å². The summed E-state index contributed by atoms with van der Waals surface area (Å²) in [7, 11) is 0. The highest BCUT2D eigenvalue weighted by Crippen LogP contribution is 2.01.